The van der Waals surface area contributed by atoms with Crippen LogP contribution in [-0.4, -0.2) is 29.0 Å². The van der Waals surface area contributed by atoms with Gasteiger partial charge >= 0.3 is 0 Å². The third-order valence-electron chi connectivity index (χ3n) is 4.60. The van der Waals surface area contributed by atoms with E-state index in [0.29, 0.717) is 16.9 Å². The molecule has 2 aromatic rings. The standard InChI is InChI=1S/C24H25N3O4/c1-5-6-20(28)25-17-11-12-19-18(13-17)21(29)23(31)27(19)14-15-7-9-16(10-8-15)22(30)26-24(2,3)4/h5-13H,14H2,1-4H3,(H,25,28)(H,26,30). The molecule has 0 saturated heterocycles. The first-order valence-corrected chi connectivity index (χ1v) is 9.94. The first-order valence-electron chi connectivity index (χ1n) is 9.94. The second-order valence-corrected chi connectivity index (χ2v) is 8.34. The van der Waals surface area contributed by atoms with Gasteiger partial charge in [-0.05, 0) is 69.7 Å². The van der Waals surface area contributed by atoms with Gasteiger partial charge in [-0.15, -0.1) is 0 Å². The Balaban J connectivity index is 1.78. The number of benzene rings is 2. The Hall–Kier alpha value is -3.74. The van der Waals surface area contributed by atoms with Gasteiger partial charge in [0.2, 0.25) is 5.91 Å². The van der Waals surface area contributed by atoms with Gasteiger partial charge in [-0.3, -0.25) is 19.2 Å². The lowest BCUT2D eigenvalue weighted by molar-refractivity contribution is -0.114. The van der Waals surface area contributed by atoms with E-state index in [-0.39, 0.29) is 29.5 Å². The molecule has 0 bridgehead atoms. The number of ketones is 1. The van der Waals surface area contributed by atoms with E-state index in [1.54, 1.807) is 49.4 Å². The highest BCUT2D eigenvalue weighted by atomic mass is 16.2. The van der Waals surface area contributed by atoms with Crippen molar-refractivity contribution in [2.24, 2.45) is 0 Å². The Kier molecular flexibility index (Phi) is 6.06. The number of hydrogen-bond donors (Lipinski definition) is 2. The largest absolute Gasteiger partial charge is 0.347 e. The van der Waals surface area contributed by atoms with Crippen molar-refractivity contribution in [2.75, 3.05) is 10.2 Å². The molecule has 3 amide bonds. The molecule has 0 atom stereocenters. The van der Waals surface area contributed by atoms with Gasteiger partial charge in [0.1, 0.15) is 0 Å². The van der Waals surface area contributed by atoms with Gasteiger partial charge in [0, 0.05) is 16.8 Å². The molecule has 0 fully saturated rings. The molecule has 3 rings (SSSR count). The summed E-state index contributed by atoms with van der Waals surface area (Å²) in [5.41, 5.74) is 2.15. The monoisotopic (exact) mass is 419 g/mol. The molecule has 0 saturated carbocycles. The number of nitrogens with one attached hydrogen (secondary N) is 2. The highest BCUT2D eigenvalue weighted by Gasteiger charge is 2.36. The second kappa shape index (κ2) is 8.55. The Morgan fingerprint density at radius 2 is 1.71 bits per heavy atom. The summed E-state index contributed by atoms with van der Waals surface area (Å²) in [5, 5.41) is 5.56. The number of carbonyl (C=O) groups is 4. The topological polar surface area (TPSA) is 95.6 Å². The number of carbonyl (C=O) groups excluding carboxylic acids is 4. The van der Waals surface area contributed by atoms with Crippen molar-refractivity contribution in [1.29, 1.82) is 0 Å². The molecule has 1 aliphatic heterocycles. The molecule has 31 heavy (non-hydrogen) atoms. The lowest BCUT2D eigenvalue weighted by Crippen LogP contribution is -2.40. The average molecular weight is 419 g/mol. The van der Waals surface area contributed by atoms with Crippen LogP contribution < -0.4 is 15.5 Å². The van der Waals surface area contributed by atoms with Crippen LogP contribution in [0.25, 0.3) is 0 Å². The van der Waals surface area contributed by atoms with Crippen LogP contribution in [0.1, 0.15) is 54.0 Å². The number of nitrogens with zero attached hydrogens (tertiary/aromatic N) is 1. The number of Topliss-reactive ketones (excluding diaryl/α,β-unsaturated/α-hetero) is 1. The molecule has 2 aromatic carbocycles. The number of fused-ring (bicyclic) bond motifs is 1. The van der Waals surface area contributed by atoms with Crippen molar-refractivity contribution in [3.8, 4) is 0 Å². The van der Waals surface area contributed by atoms with Crippen LogP contribution >= 0.6 is 0 Å². The Bertz CT molecular complexity index is 1080. The zero-order valence-electron chi connectivity index (χ0n) is 18.0. The summed E-state index contributed by atoms with van der Waals surface area (Å²) < 4.78 is 0. The van der Waals surface area contributed by atoms with Crippen LogP contribution in [0.15, 0.2) is 54.6 Å². The predicted molar refractivity (Wildman–Crippen MR) is 119 cm³/mol. The van der Waals surface area contributed by atoms with Gasteiger partial charge in [0.25, 0.3) is 17.6 Å². The molecule has 7 heteroatoms. The fourth-order valence-corrected chi connectivity index (χ4v) is 3.23. The van der Waals surface area contributed by atoms with Gasteiger partial charge in [0.15, 0.2) is 0 Å². The highest BCUT2D eigenvalue weighted by Crippen LogP contribution is 2.32. The van der Waals surface area contributed by atoms with Crippen LogP contribution in [0.3, 0.4) is 0 Å². The summed E-state index contributed by atoms with van der Waals surface area (Å²) in [5.74, 6) is -1.73. The van der Waals surface area contributed by atoms with Crippen molar-refractivity contribution in [1.82, 2.24) is 5.32 Å². The van der Waals surface area contributed by atoms with Crippen molar-refractivity contribution < 1.29 is 19.2 Å². The second-order valence-electron chi connectivity index (χ2n) is 8.34. The normalized spacial score (nSPS) is 13.5. The van der Waals surface area contributed by atoms with Crippen molar-refractivity contribution in [3.63, 3.8) is 0 Å². The molecular formula is C24H25N3O4. The molecule has 160 valence electrons. The van der Waals surface area contributed by atoms with Gasteiger partial charge < -0.3 is 15.5 Å². The highest BCUT2D eigenvalue weighted by molar-refractivity contribution is 6.52. The van der Waals surface area contributed by atoms with E-state index in [1.807, 2.05) is 20.8 Å². The van der Waals surface area contributed by atoms with E-state index in [2.05, 4.69) is 10.6 Å². The van der Waals surface area contributed by atoms with Crippen molar-refractivity contribution >= 4 is 34.9 Å². The fourth-order valence-electron chi connectivity index (χ4n) is 3.23. The summed E-state index contributed by atoms with van der Waals surface area (Å²) in [6.07, 6.45) is 2.98. The van der Waals surface area contributed by atoms with Crippen LogP contribution in [-0.2, 0) is 16.1 Å². The van der Waals surface area contributed by atoms with E-state index in [0.717, 1.165) is 5.56 Å². The molecule has 7 nitrogen and oxygen atoms in total. The quantitative estimate of drug-likeness (QED) is 0.573. The molecule has 0 unspecified atom stereocenters. The summed E-state index contributed by atoms with van der Waals surface area (Å²) in [6.45, 7) is 7.65. The third kappa shape index (κ3) is 5.06. The maximum absolute atomic E-state index is 12.5. The third-order valence-corrected chi connectivity index (χ3v) is 4.60. The van der Waals surface area contributed by atoms with Crippen LogP contribution in [0.2, 0.25) is 0 Å². The van der Waals surface area contributed by atoms with Gasteiger partial charge in [-0.2, -0.15) is 0 Å². The molecule has 0 spiro atoms. The summed E-state index contributed by atoms with van der Waals surface area (Å²) in [6, 6.07) is 11.7. The lowest BCUT2D eigenvalue weighted by atomic mass is 10.1. The minimum Gasteiger partial charge on any atom is -0.347 e. The van der Waals surface area contributed by atoms with E-state index in [4.69, 9.17) is 0 Å². The maximum atomic E-state index is 12.5. The van der Waals surface area contributed by atoms with E-state index in [1.165, 1.54) is 17.0 Å². The maximum Gasteiger partial charge on any atom is 0.299 e. The van der Waals surface area contributed by atoms with Gasteiger partial charge in [-0.25, -0.2) is 0 Å². The molecule has 0 aliphatic carbocycles. The Labute approximate surface area is 181 Å². The fraction of sp³-hybridized carbons (Fsp3) is 0.250. The van der Waals surface area contributed by atoms with Gasteiger partial charge in [-0.1, -0.05) is 18.2 Å². The lowest BCUT2D eigenvalue weighted by Gasteiger charge is -2.21. The number of allylic oxidation sites excluding steroid dienone is 1. The molecule has 2 N–H and O–H groups in total. The first-order chi connectivity index (χ1) is 14.6. The van der Waals surface area contributed by atoms with Crippen molar-refractivity contribution in [3.05, 3.63) is 71.3 Å². The van der Waals surface area contributed by atoms with Crippen LogP contribution in [0.4, 0.5) is 11.4 Å². The van der Waals surface area contributed by atoms with E-state index in [9.17, 15) is 19.2 Å². The predicted octanol–water partition coefficient (Wildman–Crippen LogP) is 3.46. The van der Waals surface area contributed by atoms with E-state index < -0.39 is 11.7 Å². The number of anilines is 2. The minimum absolute atomic E-state index is 0.177. The summed E-state index contributed by atoms with van der Waals surface area (Å²) in [4.78, 5) is 50.4. The number of rotatable bonds is 5. The summed E-state index contributed by atoms with van der Waals surface area (Å²) >= 11 is 0. The van der Waals surface area contributed by atoms with Gasteiger partial charge in [0.05, 0.1) is 17.8 Å². The van der Waals surface area contributed by atoms with Crippen LogP contribution in [0, 0.1) is 0 Å². The number of amides is 3. The zero-order chi connectivity index (χ0) is 22.8. The Morgan fingerprint density at radius 3 is 2.32 bits per heavy atom. The molecule has 1 aliphatic rings. The smallest absolute Gasteiger partial charge is 0.299 e. The Morgan fingerprint density at radius 1 is 1.03 bits per heavy atom. The van der Waals surface area contributed by atoms with Crippen LogP contribution in [0.5, 0.6) is 0 Å². The molecular weight excluding hydrogens is 394 g/mol. The minimum atomic E-state index is -0.624. The number of hydrogen-bond acceptors (Lipinski definition) is 4. The average Bonchev–Trinajstić information content (AvgIpc) is 2.92. The SMILES string of the molecule is CC=CC(=O)Nc1ccc2c(c1)C(=O)C(=O)N2Cc1ccc(C(=O)NC(C)(C)C)cc1. The molecule has 0 radical (unpaired) electrons. The van der Waals surface area contributed by atoms with E-state index >= 15 is 0 Å². The first kappa shape index (κ1) is 22.0. The summed E-state index contributed by atoms with van der Waals surface area (Å²) in [7, 11) is 0. The molecule has 1 heterocycles. The van der Waals surface area contributed by atoms with Crippen molar-refractivity contribution in [2.45, 2.75) is 39.8 Å². The molecule has 0 aromatic heterocycles. The zero-order valence-corrected chi connectivity index (χ0v) is 18.0.